The Morgan fingerprint density at radius 1 is 0.973 bits per heavy atom. The molecule has 4 heterocycles. The van der Waals surface area contributed by atoms with E-state index in [0.29, 0.717) is 55.2 Å². The zero-order valence-corrected chi connectivity index (χ0v) is 43.4. The lowest BCUT2D eigenvalue weighted by atomic mass is 9.80. The number of piperazine rings is 1. The highest BCUT2D eigenvalue weighted by Gasteiger charge is 2.37. The molecular weight excluding hydrogens is 948 g/mol. The number of carbonyl (C=O) groups excluding carboxylic acids is 1. The van der Waals surface area contributed by atoms with Crippen LogP contribution >= 0.6 is 0 Å². The topological polar surface area (TPSA) is 185 Å². The summed E-state index contributed by atoms with van der Waals surface area (Å²) in [4.78, 5) is 30.4. The number of amides is 1. The van der Waals surface area contributed by atoms with Gasteiger partial charge in [0.2, 0.25) is 0 Å². The van der Waals surface area contributed by atoms with Crippen LogP contribution in [0.15, 0.2) is 96.0 Å². The maximum absolute atomic E-state index is 15.0. The number of pyridine rings is 2. The number of anilines is 3. The number of nitrogens with one attached hydrogen (secondary N) is 2. The Labute approximate surface area is 429 Å². The fraction of sp³-hybridized carbons (Fsp3) is 0.446. The molecule has 0 bridgehead atoms. The SMILES string of the molecule is CCOc1nc2c(cc1Oc1cc(N3CCC(N4CCN(Cc5ccc(OC)cc5)C[C@H]4c4ccccc4C(C)C)CC3)ccc1C(=O)NS(=O)(=O)c1cnc(NC[C@H]3CC[C@](C)(O)CC3)c(N)c1)C(F)=CC2. The van der Waals surface area contributed by atoms with Crippen LogP contribution in [-0.4, -0.2) is 104 Å². The molecule has 15 nitrogen and oxygen atoms in total. The fourth-order valence-corrected chi connectivity index (χ4v) is 11.8. The van der Waals surface area contributed by atoms with Crippen molar-refractivity contribution >= 4 is 38.9 Å². The minimum Gasteiger partial charge on any atom is -0.497 e. The van der Waals surface area contributed by atoms with Crippen LogP contribution in [0.25, 0.3) is 5.83 Å². The Bertz CT molecular complexity index is 2920. The summed E-state index contributed by atoms with van der Waals surface area (Å²) in [7, 11) is -2.80. The number of halogens is 1. The normalized spacial score (nSPS) is 20.9. The average Bonchev–Trinajstić information content (AvgIpc) is 3.74. The van der Waals surface area contributed by atoms with Crippen molar-refractivity contribution in [2.45, 2.75) is 108 Å². The van der Waals surface area contributed by atoms with Gasteiger partial charge >= 0.3 is 0 Å². The molecular formula is C56H69FN8O7S. The minimum atomic E-state index is -4.49. The van der Waals surface area contributed by atoms with Crippen molar-refractivity contribution in [2.24, 2.45) is 5.92 Å². The summed E-state index contributed by atoms with van der Waals surface area (Å²) in [6.07, 6.45) is 7.74. The number of benzene rings is 3. The average molecular weight is 1020 g/mol. The highest BCUT2D eigenvalue weighted by atomic mass is 32.2. The molecule has 388 valence electrons. The monoisotopic (exact) mass is 1020 g/mol. The number of allylic oxidation sites excluding steroid dienone is 1. The number of rotatable bonds is 17. The van der Waals surface area contributed by atoms with Crippen LogP contribution < -0.4 is 34.9 Å². The predicted molar refractivity (Wildman–Crippen MR) is 283 cm³/mol. The third kappa shape index (κ3) is 11.9. The van der Waals surface area contributed by atoms with Gasteiger partial charge in [-0.2, -0.15) is 0 Å². The van der Waals surface area contributed by atoms with E-state index in [4.69, 9.17) is 19.9 Å². The fourth-order valence-electron chi connectivity index (χ4n) is 10.8. The van der Waals surface area contributed by atoms with Crippen LogP contribution in [0.2, 0.25) is 0 Å². The molecule has 0 radical (unpaired) electrons. The number of aliphatic hydroxyl groups is 1. The van der Waals surface area contributed by atoms with E-state index in [1.807, 2.05) is 19.1 Å². The molecule has 9 rings (SSSR count). The van der Waals surface area contributed by atoms with Crippen molar-refractivity contribution in [2.75, 3.05) is 68.9 Å². The van der Waals surface area contributed by atoms with E-state index in [-0.39, 0.29) is 51.7 Å². The Morgan fingerprint density at radius 3 is 2.44 bits per heavy atom. The van der Waals surface area contributed by atoms with Gasteiger partial charge in [-0.3, -0.25) is 14.6 Å². The van der Waals surface area contributed by atoms with Crippen molar-refractivity contribution in [3.63, 3.8) is 0 Å². The zero-order valence-electron chi connectivity index (χ0n) is 42.6. The largest absolute Gasteiger partial charge is 0.497 e. The first kappa shape index (κ1) is 51.6. The molecule has 1 atom stereocenters. The van der Waals surface area contributed by atoms with E-state index in [9.17, 15) is 18.3 Å². The summed E-state index contributed by atoms with van der Waals surface area (Å²) in [6, 6.07) is 25.6. The van der Waals surface area contributed by atoms with E-state index < -0.39 is 27.4 Å². The summed E-state index contributed by atoms with van der Waals surface area (Å²) < 4.78 is 62.8. The predicted octanol–water partition coefficient (Wildman–Crippen LogP) is 9.25. The summed E-state index contributed by atoms with van der Waals surface area (Å²) in [5.74, 6) is 0.700. The van der Waals surface area contributed by atoms with Crippen molar-refractivity contribution in [1.29, 1.82) is 0 Å². The number of nitrogen functional groups attached to an aromatic ring is 1. The number of nitrogens with two attached hydrogens (primary N) is 1. The molecule has 17 heteroatoms. The number of methoxy groups -OCH3 is 1. The smallest absolute Gasteiger partial charge is 0.268 e. The van der Waals surface area contributed by atoms with Gasteiger partial charge in [0.25, 0.3) is 21.8 Å². The van der Waals surface area contributed by atoms with Crippen LogP contribution in [0.3, 0.4) is 0 Å². The second-order valence-corrected chi connectivity index (χ2v) is 22.1. The first-order valence-electron chi connectivity index (χ1n) is 25.7. The third-order valence-electron chi connectivity index (χ3n) is 15.0. The molecule has 73 heavy (non-hydrogen) atoms. The van der Waals surface area contributed by atoms with Gasteiger partial charge in [-0.25, -0.2) is 27.5 Å². The Morgan fingerprint density at radius 2 is 1.73 bits per heavy atom. The standard InChI is InChI=1S/C56H69FN8O7S/c1-6-71-55-52(31-46-47(57)17-18-49(46)61-55)72-51-29-40(13-16-45(51)54(66)62-73(68,69)42-30-48(58)53(60-33-42)59-32-37-19-23-56(4,67)24-20-37)64-25-21-39(22-26-64)65-28-27-63(34-38-11-14-41(70-5)15-12-38)35-50(65)44-10-8-7-9-43(44)36(2)3/h7-17,29-31,33,36-37,39,50,67H,6,18-28,32,34-35,58H2,1-5H3,(H,59,60)(H,62,66)/t37-,50-,56-/m0/s1. The molecule has 3 fully saturated rings. The lowest BCUT2D eigenvalue weighted by molar-refractivity contribution is 0.00975. The maximum atomic E-state index is 15.0. The summed E-state index contributed by atoms with van der Waals surface area (Å²) in [5.41, 5.74) is 11.2. The first-order chi connectivity index (χ1) is 35.1. The van der Waals surface area contributed by atoms with E-state index >= 15 is 4.39 Å². The van der Waals surface area contributed by atoms with Gasteiger partial charge in [0, 0.05) is 87.8 Å². The molecule has 2 saturated heterocycles. The highest BCUT2D eigenvalue weighted by molar-refractivity contribution is 7.90. The number of piperidine rings is 1. The molecule has 0 spiro atoms. The number of carbonyl (C=O) groups is 1. The van der Waals surface area contributed by atoms with Crippen LogP contribution in [0.4, 0.5) is 21.6 Å². The number of ether oxygens (including phenoxy) is 3. The molecule has 4 aliphatic rings. The quantitative estimate of drug-likeness (QED) is 0.0691. The van der Waals surface area contributed by atoms with Gasteiger partial charge in [0.1, 0.15) is 28.0 Å². The highest BCUT2D eigenvalue weighted by Crippen LogP contribution is 2.41. The molecule has 0 unspecified atom stereocenters. The number of hydrogen-bond acceptors (Lipinski definition) is 14. The lowest BCUT2D eigenvalue weighted by Crippen LogP contribution is -2.54. The van der Waals surface area contributed by atoms with Gasteiger partial charge in [-0.1, -0.05) is 50.2 Å². The minimum absolute atomic E-state index is 0.0390. The van der Waals surface area contributed by atoms with E-state index in [0.717, 1.165) is 82.6 Å². The van der Waals surface area contributed by atoms with Crippen LogP contribution in [0.5, 0.6) is 23.1 Å². The molecule has 5 N–H and O–H groups in total. The molecule has 3 aromatic carbocycles. The summed E-state index contributed by atoms with van der Waals surface area (Å²) >= 11 is 0. The second-order valence-electron chi connectivity index (χ2n) is 20.5. The van der Waals surface area contributed by atoms with Crippen molar-refractivity contribution in [3.8, 4) is 23.1 Å². The molecule has 1 amide bonds. The zero-order chi connectivity index (χ0) is 51.4. The molecule has 1 saturated carbocycles. The second kappa shape index (κ2) is 22.1. The van der Waals surface area contributed by atoms with Crippen molar-refractivity contribution in [1.82, 2.24) is 24.5 Å². The molecule has 2 aliphatic carbocycles. The van der Waals surface area contributed by atoms with Crippen LogP contribution in [0, 0.1) is 5.92 Å². The van der Waals surface area contributed by atoms with Gasteiger partial charge in [-0.05, 0) is 123 Å². The maximum Gasteiger partial charge on any atom is 0.268 e. The Balaban J connectivity index is 0.945. The van der Waals surface area contributed by atoms with Gasteiger partial charge in [-0.15, -0.1) is 0 Å². The van der Waals surface area contributed by atoms with Gasteiger partial charge < -0.3 is 35.3 Å². The number of nitrogens with zero attached hydrogens (tertiary/aromatic N) is 5. The van der Waals surface area contributed by atoms with Gasteiger partial charge in [0.15, 0.2) is 5.75 Å². The number of sulfonamides is 1. The summed E-state index contributed by atoms with van der Waals surface area (Å²) in [5, 5.41) is 13.6. The van der Waals surface area contributed by atoms with E-state index in [1.54, 1.807) is 32.2 Å². The Kier molecular flexibility index (Phi) is 15.6. The van der Waals surface area contributed by atoms with Gasteiger partial charge in [0.05, 0.1) is 36.3 Å². The molecule has 2 aromatic heterocycles. The summed E-state index contributed by atoms with van der Waals surface area (Å²) in [6.45, 7) is 14.0. The van der Waals surface area contributed by atoms with E-state index in [1.165, 1.54) is 34.9 Å². The number of fused-ring (bicyclic) bond motifs is 1. The lowest BCUT2D eigenvalue weighted by Gasteiger charge is -2.48. The third-order valence-corrected chi connectivity index (χ3v) is 16.3. The van der Waals surface area contributed by atoms with E-state index in [2.05, 4.69) is 85.0 Å². The first-order valence-corrected chi connectivity index (χ1v) is 27.1. The van der Waals surface area contributed by atoms with Crippen molar-refractivity contribution in [3.05, 3.63) is 125 Å². The van der Waals surface area contributed by atoms with Crippen LogP contribution in [0.1, 0.15) is 116 Å². The Hall–Kier alpha value is -6.27. The number of aromatic nitrogens is 2. The molecule has 5 aromatic rings. The van der Waals surface area contributed by atoms with Crippen molar-refractivity contribution < 1.29 is 36.9 Å². The molecule has 2 aliphatic heterocycles. The van der Waals surface area contributed by atoms with Crippen LogP contribution in [-0.2, 0) is 23.0 Å². The number of hydrogen-bond donors (Lipinski definition) is 4.